The van der Waals surface area contributed by atoms with Crippen molar-refractivity contribution in [1.82, 2.24) is 5.32 Å². The Labute approximate surface area is 553 Å². The average molecular weight is 1290 g/mol. The Morgan fingerprint density at radius 3 is 0.944 bits per heavy atom. The van der Waals surface area contributed by atoms with Crippen LogP contribution in [-0.2, 0) is 23.7 Å². The molecule has 90 heavy (non-hydrogen) atoms. The van der Waals surface area contributed by atoms with Gasteiger partial charge in [-0.1, -0.05) is 367 Å². The molecule has 0 bridgehead atoms. The first-order valence-corrected chi connectivity index (χ1v) is 39.3. The van der Waals surface area contributed by atoms with Gasteiger partial charge in [-0.15, -0.1) is 0 Å². The molecule has 0 aliphatic carbocycles. The summed E-state index contributed by atoms with van der Waals surface area (Å²) in [5, 5.41) is 87.8. The lowest BCUT2D eigenvalue weighted by Crippen LogP contribution is -2.65. The molecule has 1 amide bonds. The molecule has 2 fully saturated rings. The van der Waals surface area contributed by atoms with Gasteiger partial charge in [0.15, 0.2) is 12.6 Å². The van der Waals surface area contributed by atoms with Gasteiger partial charge in [-0.25, -0.2) is 0 Å². The summed E-state index contributed by atoms with van der Waals surface area (Å²) in [5.41, 5.74) is 0. The van der Waals surface area contributed by atoms with Crippen LogP contribution in [0.5, 0.6) is 0 Å². The Morgan fingerprint density at radius 2 is 0.633 bits per heavy atom. The molecule has 2 aliphatic rings. The Balaban J connectivity index is 1.59. The fourth-order valence-corrected chi connectivity index (χ4v) is 13.6. The zero-order valence-electron chi connectivity index (χ0n) is 58.7. The second kappa shape index (κ2) is 61.6. The van der Waals surface area contributed by atoms with E-state index in [1.807, 2.05) is 0 Å². The van der Waals surface area contributed by atoms with Gasteiger partial charge in [0.25, 0.3) is 0 Å². The van der Waals surface area contributed by atoms with Crippen molar-refractivity contribution in [2.45, 2.75) is 460 Å². The molecule has 2 aliphatic heterocycles. The van der Waals surface area contributed by atoms with E-state index in [1.165, 1.54) is 308 Å². The summed E-state index contributed by atoms with van der Waals surface area (Å²) in [5.74, 6) is -0.195. The number of unbranched alkanes of at least 4 members (excludes halogenated alkanes) is 54. The molecule has 0 aromatic heterocycles. The summed E-state index contributed by atoms with van der Waals surface area (Å²) in [7, 11) is 0. The van der Waals surface area contributed by atoms with Crippen LogP contribution in [0.15, 0.2) is 0 Å². The van der Waals surface area contributed by atoms with Gasteiger partial charge in [-0.3, -0.25) is 4.79 Å². The van der Waals surface area contributed by atoms with E-state index in [1.54, 1.807) is 0 Å². The molecule has 0 saturated carbocycles. The first-order chi connectivity index (χ1) is 44.1. The summed E-state index contributed by atoms with van der Waals surface area (Å²) >= 11 is 0. The highest BCUT2D eigenvalue weighted by Gasteiger charge is 2.51. The lowest BCUT2D eigenvalue weighted by molar-refractivity contribution is -0.359. The van der Waals surface area contributed by atoms with Crippen molar-refractivity contribution in [1.29, 1.82) is 0 Å². The number of aliphatic hydroxyl groups excluding tert-OH is 8. The first-order valence-electron chi connectivity index (χ1n) is 39.3. The van der Waals surface area contributed by atoms with Gasteiger partial charge >= 0.3 is 0 Å². The van der Waals surface area contributed by atoms with Gasteiger partial charge in [0.05, 0.1) is 32.0 Å². The van der Waals surface area contributed by atoms with Crippen molar-refractivity contribution in [3.63, 3.8) is 0 Å². The first kappa shape index (κ1) is 85.1. The number of carbonyl (C=O) groups excluding carboxylic acids is 1. The molecule has 0 spiro atoms. The van der Waals surface area contributed by atoms with E-state index in [4.69, 9.17) is 18.9 Å². The summed E-state index contributed by atoms with van der Waals surface area (Å²) in [6.45, 7) is 2.94. The predicted molar refractivity (Wildman–Crippen MR) is 369 cm³/mol. The normalized spacial score (nSPS) is 22.8. The Kier molecular flexibility index (Phi) is 58.2. The van der Waals surface area contributed by atoms with Crippen LogP contribution in [0.3, 0.4) is 0 Å². The van der Waals surface area contributed by atoms with Crippen molar-refractivity contribution >= 4 is 5.91 Å². The van der Waals surface area contributed by atoms with Gasteiger partial charge in [0.2, 0.25) is 5.91 Å². The van der Waals surface area contributed by atoms with Gasteiger partial charge < -0.3 is 65.1 Å². The molecule has 2 heterocycles. The van der Waals surface area contributed by atoms with Gasteiger partial charge in [0, 0.05) is 6.42 Å². The van der Waals surface area contributed by atoms with Crippen molar-refractivity contribution in [3.05, 3.63) is 0 Å². The third-order valence-corrected chi connectivity index (χ3v) is 19.8. The van der Waals surface area contributed by atoms with Crippen molar-refractivity contribution in [2.24, 2.45) is 0 Å². The largest absolute Gasteiger partial charge is 0.394 e. The molecule has 2 saturated heterocycles. The molecular formula is C76H149NO13. The van der Waals surface area contributed by atoms with Crippen LogP contribution in [0, 0.1) is 0 Å². The number of carbonyl (C=O) groups is 1. The Bertz CT molecular complexity index is 1510. The fraction of sp³-hybridized carbons (Fsp3) is 0.987. The van der Waals surface area contributed by atoms with Crippen LogP contribution in [0.1, 0.15) is 386 Å². The maximum absolute atomic E-state index is 13.4. The van der Waals surface area contributed by atoms with E-state index < -0.39 is 86.8 Å². The molecule has 0 radical (unpaired) electrons. The Morgan fingerprint density at radius 1 is 0.356 bits per heavy atom. The van der Waals surface area contributed by atoms with E-state index >= 15 is 0 Å². The highest BCUT2D eigenvalue weighted by Crippen LogP contribution is 2.30. The number of hydrogen-bond acceptors (Lipinski definition) is 13. The zero-order chi connectivity index (χ0) is 65.2. The summed E-state index contributed by atoms with van der Waals surface area (Å²) < 4.78 is 23.0. The van der Waals surface area contributed by atoms with Crippen LogP contribution in [-0.4, -0.2) is 140 Å². The van der Waals surface area contributed by atoms with Gasteiger partial charge in [-0.2, -0.15) is 0 Å². The molecule has 536 valence electrons. The van der Waals surface area contributed by atoms with Crippen LogP contribution in [0.25, 0.3) is 0 Å². The highest BCUT2D eigenvalue weighted by atomic mass is 16.7. The van der Waals surface area contributed by atoms with E-state index in [0.29, 0.717) is 12.8 Å². The highest BCUT2D eigenvalue weighted by molar-refractivity contribution is 5.76. The molecule has 14 heteroatoms. The van der Waals surface area contributed by atoms with E-state index in [2.05, 4.69) is 19.2 Å². The van der Waals surface area contributed by atoms with Crippen LogP contribution in [0.2, 0.25) is 0 Å². The molecular weight excluding hydrogens is 1130 g/mol. The minimum atomic E-state index is -1.78. The zero-order valence-corrected chi connectivity index (χ0v) is 58.7. The van der Waals surface area contributed by atoms with Gasteiger partial charge in [-0.05, 0) is 12.8 Å². The second-order valence-electron chi connectivity index (χ2n) is 28.2. The van der Waals surface area contributed by atoms with E-state index in [-0.39, 0.29) is 12.5 Å². The van der Waals surface area contributed by atoms with Crippen molar-refractivity contribution < 1.29 is 64.6 Å². The second-order valence-corrected chi connectivity index (χ2v) is 28.2. The molecule has 9 N–H and O–H groups in total. The summed E-state index contributed by atoms with van der Waals surface area (Å²) in [6.07, 6.45) is 58.6. The third-order valence-electron chi connectivity index (χ3n) is 19.8. The van der Waals surface area contributed by atoms with Crippen LogP contribution in [0.4, 0.5) is 0 Å². The summed E-state index contributed by atoms with van der Waals surface area (Å²) in [4.78, 5) is 13.4. The number of aliphatic hydroxyl groups is 8. The monoisotopic (exact) mass is 1280 g/mol. The molecule has 2 rings (SSSR count). The van der Waals surface area contributed by atoms with E-state index in [0.717, 1.165) is 51.4 Å². The minimum Gasteiger partial charge on any atom is -0.394 e. The quantitative estimate of drug-likeness (QED) is 0.0259. The lowest BCUT2D eigenvalue weighted by Gasteiger charge is -2.46. The lowest BCUT2D eigenvalue weighted by atomic mass is 9.97. The fourth-order valence-electron chi connectivity index (χ4n) is 13.6. The molecule has 12 unspecified atom stereocenters. The molecule has 12 atom stereocenters. The third kappa shape index (κ3) is 44.7. The maximum atomic E-state index is 13.4. The van der Waals surface area contributed by atoms with Crippen LogP contribution < -0.4 is 5.32 Å². The minimum absolute atomic E-state index is 0.195. The average Bonchev–Trinajstić information content (AvgIpc) is 1.20. The van der Waals surface area contributed by atoms with Crippen molar-refractivity contribution in [3.8, 4) is 0 Å². The number of ether oxygens (including phenoxy) is 4. The number of hydrogen-bond donors (Lipinski definition) is 9. The number of nitrogens with one attached hydrogen (secondary N) is 1. The number of rotatable bonds is 67. The van der Waals surface area contributed by atoms with Crippen LogP contribution >= 0.6 is 0 Å². The topological polar surface area (TPSA) is 228 Å². The van der Waals surface area contributed by atoms with Crippen molar-refractivity contribution in [2.75, 3.05) is 19.8 Å². The smallest absolute Gasteiger partial charge is 0.220 e. The van der Waals surface area contributed by atoms with Gasteiger partial charge in [0.1, 0.15) is 48.8 Å². The standard InChI is InChI=1S/C76H149NO13/c1-3-5-7-9-11-13-15-17-19-21-23-25-27-28-29-30-31-32-33-34-35-36-37-38-40-42-44-46-48-50-52-54-56-58-60-68(81)77-64(63-87-75-73(86)71(84)74(67(62-79)89-75)90-76-72(85)70(83)69(82)66(61-78)88-76)65(80)59-57-55-53-51-49-47-45-43-41-39-26-24-22-20-18-16-14-12-10-8-6-4-2/h64-67,69-76,78-80,82-86H,3-63H2,1-2H3,(H,77,81). The molecule has 0 aromatic rings. The van der Waals surface area contributed by atoms with E-state index in [9.17, 15) is 45.6 Å². The molecule has 0 aromatic carbocycles. The molecule has 14 nitrogen and oxygen atoms in total. The predicted octanol–water partition coefficient (Wildman–Crippen LogP) is 17.1. The SMILES string of the molecule is CCCCCCCCCCCCCCCCCCCCCCCCCCCCCCCCCCCCC(=O)NC(COC1OC(CO)C(OC2OC(CO)C(O)C(O)C2O)C(O)C1O)C(O)CCCCCCCCCCCCCCCCCCCCCCCC. The number of amides is 1. The Hall–Kier alpha value is -1.01. The summed E-state index contributed by atoms with van der Waals surface area (Å²) in [6, 6.07) is -0.825. The maximum Gasteiger partial charge on any atom is 0.220 e.